The molecule has 0 heterocycles. The summed E-state index contributed by atoms with van der Waals surface area (Å²) in [5.41, 5.74) is 2.07. The molecule has 0 N–H and O–H groups in total. The topological polar surface area (TPSA) is 44.8 Å². The van der Waals surface area contributed by atoms with Crippen molar-refractivity contribution in [1.29, 1.82) is 0 Å². The van der Waals surface area contributed by atoms with Crippen LogP contribution in [0.1, 0.15) is 11.1 Å². The maximum absolute atomic E-state index is 11.1. The minimum Gasteiger partial charge on any atom is -0.489 e. The SMILES string of the molecule is COC(=O)COc1ccc(OC/C=C(\I)c2ccccc2)cc1C. The van der Waals surface area contributed by atoms with E-state index in [0.717, 1.165) is 14.9 Å². The highest BCUT2D eigenvalue weighted by atomic mass is 127. The summed E-state index contributed by atoms with van der Waals surface area (Å²) < 4.78 is 16.8. The van der Waals surface area contributed by atoms with Crippen LogP contribution in [0.5, 0.6) is 11.5 Å². The van der Waals surface area contributed by atoms with Gasteiger partial charge in [0.1, 0.15) is 18.1 Å². The minimum atomic E-state index is -0.407. The average Bonchev–Trinajstić information content (AvgIpc) is 2.61. The average molecular weight is 438 g/mol. The number of ether oxygens (including phenoxy) is 3. The third-order valence-corrected chi connectivity index (χ3v) is 4.34. The second-order valence-electron chi connectivity index (χ2n) is 5.02. The van der Waals surface area contributed by atoms with Crippen LogP contribution in [-0.4, -0.2) is 26.3 Å². The van der Waals surface area contributed by atoms with Gasteiger partial charge in [0.2, 0.25) is 0 Å². The molecule has 0 saturated carbocycles. The van der Waals surface area contributed by atoms with Crippen molar-refractivity contribution in [2.24, 2.45) is 0 Å². The summed E-state index contributed by atoms with van der Waals surface area (Å²) in [4.78, 5) is 11.1. The first-order chi connectivity index (χ1) is 11.6. The molecule has 5 heteroatoms. The summed E-state index contributed by atoms with van der Waals surface area (Å²) in [5.74, 6) is 0.990. The third kappa shape index (κ3) is 5.56. The molecule has 0 aromatic heterocycles. The highest BCUT2D eigenvalue weighted by Crippen LogP contribution is 2.24. The lowest BCUT2D eigenvalue weighted by Gasteiger charge is -2.10. The van der Waals surface area contributed by atoms with Gasteiger partial charge in [0.25, 0.3) is 0 Å². The monoisotopic (exact) mass is 438 g/mol. The van der Waals surface area contributed by atoms with Crippen LogP contribution in [0, 0.1) is 6.92 Å². The number of aryl methyl sites for hydroxylation is 1. The van der Waals surface area contributed by atoms with Crippen LogP contribution in [0.3, 0.4) is 0 Å². The molecule has 0 unspecified atom stereocenters. The Morgan fingerprint density at radius 1 is 1.12 bits per heavy atom. The number of hydrogen-bond acceptors (Lipinski definition) is 4. The van der Waals surface area contributed by atoms with E-state index in [0.29, 0.717) is 12.4 Å². The van der Waals surface area contributed by atoms with E-state index < -0.39 is 5.97 Å². The van der Waals surface area contributed by atoms with Crippen molar-refractivity contribution >= 4 is 32.1 Å². The van der Waals surface area contributed by atoms with E-state index in [2.05, 4.69) is 39.5 Å². The van der Waals surface area contributed by atoms with Crippen LogP contribution in [0.15, 0.2) is 54.6 Å². The van der Waals surface area contributed by atoms with Gasteiger partial charge >= 0.3 is 5.97 Å². The lowest BCUT2D eigenvalue weighted by atomic mass is 10.2. The predicted octanol–water partition coefficient (Wildman–Crippen LogP) is 4.40. The van der Waals surface area contributed by atoms with E-state index in [1.54, 1.807) is 6.07 Å². The number of halogens is 1. The van der Waals surface area contributed by atoms with Gasteiger partial charge in [-0.15, -0.1) is 0 Å². The molecule has 2 aromatic carbocycles. The highest BCUT2D eigenvalue weighted by Gasteiger charge is 2.06. The van der Waals surface area contributed by atoms with Gasteiger partial charge in [-0.1, -0.05) is 30.3 Å². The van der Waals surface area contributed by atoms with Gasteiger partial charge in [0.15, 0.2) is 6.61 Å². The fourth-order valence-corrected chi connectivity index (χ4v) is 2.53. The molecular weight excluding hydrogens is 419 g/mol. The number of rotatable bonds is 7. The smallest absolute Gasteiger partial charge is 0.343 e. The van der Waals surface area contributed by atoms with Gasteiger partial charge < -0.3 is 14.2 Å². The van der Waals surface area contributed by atoms with E-state index in [1.165, 1.54) is 12.7 Å². The van der Waals surface area contributed by atoms with E-state index in [4.69, 9.17) is 9.47 Å². The highest BCUT2D eigenvalue weighted by molar-refractivity contribution is 14.1. The molecule has 0 aliphatic heterocycles. The molecule has 0 aliphatic rings. The molecule has 0 spiro atoms. The fourth-order valence-electron chi connectivity index (χ4n) is 2.00. The number of esters is 1. The summed E-state index contributed by atoms with van der Waals surface area (Å²) in [7, 11) is 1.33. The van der Waals surface area contributed by atoms with Gasteiger partial charge in [-0.3, -0.25) is 0 Å². The molecule has 0 atom stereocenters. The molecular formula is C19H19IO4. The number of carbonyl (C=O) groups is 1. The summed E-state index contributed by atoms with van der Waals surface area (Å²) in [6.45, 7) is 2.29. The molecule has 4 nitrogen and oxygen atoms in total. The Bertz CT molecular complexity index is 711. The summed E-state index contributed by atoms with van der Waals surface area (Å²) in [5, 5.41) is 0. The second kappa shape index (κ2) is 9.32. The third-order valence-electron chi connectivity index (χ3n) is 3.28. The number of benzene rings is 2. The molecule has 2 aromatic rings. The van der Waals surface area contributed by atoms with Crippen molar-refractivity contribution in [1.82, 2.24) is 0 Å². The lowest BCUT2D eigenvalue weighted by Crippen LogP contribution is -2.13. The van der Waals surface area contributed by atoms with Gasteiger partial charge in [-0.2, -0.15) is 0 Å². The van der Waals surface area contributed by atoms with Crippen molar-refractivity contribution in [2.75, 3.05) is 20.3 Å². The first-order valence-electron chi connectivity index (χ1n) is 7.44. The molecule has 0 saturated heterocycles. The van der Waals surface area contributed by atoms with Gasteiger partial charge in [0, 0.05) is 3.58 Å². The second-order valence-corrected chi connectivity index (χ2v) is 6.18. The zero-order valence-electron chi connectivity index (χ0n) is 13.6. The van der Waals surface area contributed by atoms with Crippen molar-refractivity contribution in [3.63, 3.8) is 0 Å². The molecule has 0 amide bonds. The normalized spacial score (nSPS) is 11.0. The van der Waals surface area contributed by atoms with Crippen LogP contribution in [0.2, 0.25) is 0 Å². The van der Waals surface area contributed by atoms with Crippen molar-refractivity contribution in [3.05, 3.63) is 65.7 Å². The molecule has 0 radical (unpaired) electrons. The summed E-state index contributed by atoms with van der Waals surface area (Å²) in [6.07, 6.45) is 2.03. The Balaban J connectivity index is 1.91. The van der Waals surface area contributed by atoms with Gasteiger partial charge in [0.05, 0.1) is 7.11 Å². The fraction of sp³-hybridized carbons (Fsp3) is 0.211. The lowest BCUT2D eigenvalue weighted by molar-refractivity contribution is -0.142. The maximum atomic E-state index is 11.1. The van der Waals surface area contributed by atoms with Crippen LogP contribution >= 0.6 is 22.6 Å². The van der Waals surface area contributed by atoms with E-state index in [9.17, 15) is 4.79 Å². The van der Waals surface area contributed by atoms with Crippen molar-refractivity contribution < 1.29 is 19.0 Å². The Kier molecular flexibility index (Phi) is 7.11. The van der Waals surface area contributed by atoms with Crippen LogP contribution in [-0.2, 0) is 9.53 Å². The van der Waals surface area contributed by atoms with E-state index in [1.807, 2.05) is 43.3 Å². The quantitative estimate of drug-likeness (QED) is 0.475. The Morgan fingerprint density at radius 2 is 1.88 bits per heavy atom. The predicted molar refractivity (Wildman–Crippen MR) is 103 cm³/mol. The Labute approximate surface area is 155 Å². The van der Waals surface area contributed by atoms with Crippen molar-refractivity contribution in [3.8, 4) is 11.5 Å². The van der Waals surface area contributed by atoms with E-state index >= 15 is 0 Å². The zero-order chi connectivity index (χ0) is 17.4. The van der Waals surface area contributed by atoms with Gasteiger partial charge in [-0.25, -0.2) is 4.79 Å². The summed E-state index contributed by atoms with van der Waals surface area (Å²) in [6, 6.07) is 15.7. The molecule has 0 aliphatic carbocycles. The number of carbonyl (C=O) groups excluding carboxylic acids is 1. The molecule has 126 valence electrons. The summed E-state index contributed by atoms with van der Waals surface area (Å²) >= 11 is 2.30. The van der Waals surface area contributed by atoms with Crippen molar-refractivity contribution in [2.45, 2.75) is 6.92 Å². The Hall–Kier alpha value is -2.02. The standard InChI is InChI=1S/C19H19IO4/c1-14-12-16(8-9-18(14)24-13-19(21)22-2)23-11-10-17(20)15-6-4-3-5-7-15/h3-10,12H,11,13H2,1-2H3/b17-10-. The molecule has 24 heavy (non-hydrogen) atoms. The van der Waals surface area contributed by atoms with E-state index in [-0.39, 0.29) is 6.61 Å². The largest absolute Gasteiger partial charge is 0.489 e. The Morgan fingerprint density at radius 3 is 2.54 bits per heavy atom. The van der Waals surface area contributed by atoms with Crippen LogP contribution in [0.4, 0.5) is 0 Å². The van der Waals surface area contributed by atoms with Gasteiger partial charge in [-0.05, 0) is 64.9 Å². The molecule has 0 fully saturated rings. The zero-order valence-corrected chi connectivity index (χ0v) is 15.8. The van der Waals surface area contributed by atoms with Crippen LogP contribution in [0.25, 0.3) is 3.58 Å². The first-order valence-corrected chi connectivity index (χ1v) is 8.52. The number of methoxy groups -OCH3 is 1. The first kappa shape index (κ1) is 18.3. The maximum Gasteiger partial charge on any atom is 0.343 e. The number of hydrogen-bond donors (Lipinski definition) is 0. The van der Waals surface area contributed by atoms with Crippen LogP contribution < -0.4 is 9.47 Å². The molecule has 0 bridgehead atoms. The minimum absolute atomic E-state index is 0.102. The molecule has 2 rings (SSSR count).